The van der Waals surface area contributed by atoms with Gasteiger partial charge in [-0.1, -0.05) is 48.5 Å². The van der Waals surface area contributed by atoms with E-state index >= 15 is 0 Å². The second-order valence-electron chi connectivity index (χ2n) is 8.22. The number of hydrogen-bond donors (Lipinski definition) is 0. The zero-order chi connectivity index (χ0) is 19.5. The molecule has 0 amide bonds. The van der Waals surface area contributed by atoms with Crippen molar-refractivity contribution in [3.05, 3.63) is 34.4 Å². The zero-order valence-electron chi connectivity index (χ0n) is 16.6. The second kappa shape index (κ2) is 8.81. The monoisotopic (exact) mass is 444 g/mol. The van der Waals surface area contributed by atoms with Crippen molar-refractivity contribution in [2.75, 3.05) is 24.6 Å². The third-order valence-corrected chi connectivity index (χ3v) is 6.81. The van der Waals surface area contributed by atoms with Crippen LogP contribution in [0.25, 0.3) is 10.9 Å². The van der Waals surface area contributed by atoms with E-state index in [1.165, 1.54) is 32.1 Å². The highest BCUT2D eigenvalue weighted by Gasteiger charge is 2.32. The maximum Gasteiger partial charge on any atom is 0.357 e. The van der Waals surface area contributed by atoms with Gasteiger partial charge >= 0.3 is 5.97 Å². The Morgan fingerprint density at radius 2 is 2.04 bits per heavy atom. The van der Waals surface area contributed by atoms with Crippen LogP contribution in [0.4, 0.5) is 5.69 Å². The number of unbranched alkanes of at least 4 members (excludes halogenated alkanes) is 1. The van der Waals surface area contributed by atoms with Crippen LogP contribution in [0.3, 0.4) is 0 Å². The summed E-state index contributed by atoms with van der Waals surface area (Å²) in [4.78, 5) is 19.7. The largest absolute Gasteiger partial charge is 0.461 e. The second-order valence-corrected chi connectivity index (χ2v) is 9.13. The van der Waals surface area contributed by atoms with E-state index in [1.807, 2.05) is 18.2 Å². The van der Waals surface area contributed by atoms with Crippen LogP contribution in [0.2, 0.25) is 0 Å². The molecule has 5 heteroatoms. The number of esters is 1. The number of benzene rings is 1. The summed E-state index contributed by atoms with van der Waals surface area (Å²) >= 11 is 3.60. The molecular weight excluding hydrogens is 416 g/mol. The van der Waals surface area contributed by atoms with Crippen LogP contribution in [0.5, 0.6) is 0 Å². The van der Waals surface area contributed by atoms with Crippen molar-refractivity contribution in [1.29, 1.82) is 0 Å². The van der Waals surface area contributed by atoms with Crippen molar-refractivity contribution < 1.29 is 9.53 Å². The molecule has 0 N–H and O–H groups in total. The normalized spacial score (nSPS) is 22.1. The molecule has 1 aromatic carbocycles. The van der Waals surface area contributed by atoms with Crippen LogP contribution in [-0.4, -0.2) is 30.6 Å². The molecule has 28 heavy (non-hydrogen) atoms. The first kappa shape index (κ1) is 19.7. The molecular formula is C23H29BrN2O2. The van der Waals surface area contributed by atoms with Gasteiger partial charge in [0.1, 0.15) is 0 Å². The number of carbonyl (C=O) groups is 1. The highest BCUT2D eigenvalue weighted by Crippen LogP contribution is 2.39. The summed E-state index contributed by atoms with van der Waals surface area (Å²) in [6.45, 7) is 4.68. The van der Waals surface area contributed by atoms with Gasteiger partial charge in [0.25, 0.3) is 0 Å². The molecule has 2 atom stereocenters. The molecule has 2 aliphatic rings. The highest BCUT2D eigenvalue weighted by atomic mass is 79.9. The van der Waals surface area contributed by atoms with Gasteiger partial charge in [0.15, 0.2) is 5.69 Å². The lowest BCUT2D eigenvalue weighted by atomic mass is 9.75. The smallest absolute Gasteiger partial charge is 0.357 e. The third kappa shape index (κ3) is 4.19. The average Bonchev–Trinajstić information content (AvgIpc) is 2.72. The minimum Gasteiger partial charge on any atom is -0.461 e. The number of nitrogens with zero attached hydrogens (tertiary/aromatic N) is 2. The van der Waals surface area contributed by atoms with E-state index in [0.717, 1.165) is 58.8 Å². The van der Waals surface area contributed by atoms with Crippen LogP contribution in [0, 0.1) is 11.8 Å². The summed E-state index contributed by atoms with van der Waals surface area (Å²) in [6, 6.07) is 8.04. The minimum atomic E-state index is -0.313. The van der Waals surface area contributed by atoms with Gasteiger partial charge in [0, 0.05) is 28.6 Å². The highest BCUT2D eigenvalue weighted by molar-refractivity contribution is 9.10. The zero-order valence-corrected chi connectivity index (χ0v) is 18.2. The van der Waals surface area contributed by atoms with Crippen LogP contribution in [0.15, 0.2) is 28.7 Å². The molecule has 1 aliphatic heterocycles. The lowest BCUT2D eigenvalue weighted by molar-refractivity contribution is 0.0493. The Bertz CT molecular complexity index is 854. The number of halogens is 1. The Morgan fingerprint density at radius 1 is 1.21 bits per heavy atom. The molecule has 1 saturated heterocycles. The summed E-state index contributed by atoms with van der Waals surface area (Å²) in [6.07, 6.45) is 8.60. The van der Waals surface area contributed by atoms with Gasteiger partial charge in [-0.25, -0.2) is 9.78 Å². The number of fused-ring (bicyclic) bond motifs is 2. The SMILES string of the molecule is CCCCOC(=O)c1cc(N2CC[C@H]3CCCC[C@@H]3C2)c2cc(Br)ccc2n1. The lowest BCUT2D eigenvalue weighted by Gasteiger charge is -2.42. The van der Waals surface area contributed by atoms with Crippen molar-refractivity contribution in [2.45, 2.75) is 51.9 Å². The minimum absolute atomic E-state index is 0.313. The van der Waals surface area contributed by atoms with Gasteiger partial charge < -0.3 is 9.64 Å². The van der Waals surface area contributed by atoms with Gasteiger partial charge in [-0.15, -0.1) is 0 Å². The Morgan fingerprint density at radius 3 is 2.86 bits per heavy atom. The molecule has 1 aromatic heterocycles. The van der Waals surface area contributed by atoms with Gasteiger partial charge in [-0.3, -0.25) is 0 Å². The standard InChI is InChI=1S/C23H29BrN2O2/c1-2-3-12-28-23(27)21-14-22(19-13-18(24)8-9-20(19)25-21)26-11-10-16-6-4-5-7-17(16)15-26/h8-9,13-14,16-17H,2-7,10-12,15H2,1H3/t16-,17-/m1/s1. The van der Waals surface area contributed by atoms with E-state index in [2.05, 4.69) is 38.8 Å². The molecule has 0 unspecified atom stereocenters. The van der Waals surface area contributed by atoms with E-state index in [0.29, 0.717) is 12.3 Å². The fourth-order valence-electron chi connectivity index (χ4n) is 4.75. The average molecular weight is 445 g/mol. The molecule has 2 heterocycles. The van der Waals surface area contributed by atoms with Crippen molar-refractivity contribution in [3.63, 3.8) is 0 Å². The number of aromatic nitrogens is 1. The van der Waals surface area contributed by atoms with Crippen molar-refractivity contribution >= 4 is 38.5 Å². The number of pyridine rings is 1. The predicted molar refractivity (Wildman–Crippen MR) is 117 cm³/mol. The molecule has 0 radical (unpaired) electrons. The molecule has 150 valence electrons. The van der Waals surface area contributed by atoms with E-state index in [9.17, 15) is 4.79 Å². The summed E-state index contributed by atoms with van der Waals surface area (Å²) in [7, 11) is 0. The summed E-state index contributed by atoms with van der Waals surface area (Å²) in [5.74, 6) is 1.34. The van der Waals surface area contributed by atoms with E-state index in [1.54, 1.807) is 0 Å². The number of rotatable bonds is 5. The van der Waals surface area contributed by atoms with E-state index in [-0.39, 0.29) is 5.97 Å². The van der Waals surface area contributed by atoms with Crippen molar-refractivity contribution in [2.24, 2.45) is 11.8 Å². The van der Waals surface area contributed by atoms with Crippen LogP contribution >= 0.6 is 15.9 Å². The van der Waals surface area contributed by atoms with Crippen LogP contribution in [-0.2, 0) is 4.74 Å². The molecule has 2 fully saturated rings. The maximum atomic E-state index is 12.6. The first-order valence-electron chi connectivity index (χ1n) is 10.7. The number of carbonyl (C=O) groups excluding carboxylic acids is 1. The van der Waals surface area contributed by atoms with Crippen LogP contribution in [0.1, 0.15) is 62.4 Å². The van der Waals surface area contributed by atoms with Crippen molar-refractivity contribution in [3.8, 4) is 0 Å². The Balaban J connectivity index is 1.67. The first-order chi connectivity index (χ1) is 13.7. The summed E-state index contributed by atoms with van der Waals surface area (Å²) in [5, 5.41) is 1.11. The van der Waals surface area contributed by atoms with E-state index in [4.69, 9.17) is 4.74 Å². The molecule has 1 aliphatic carbocycles. The maximum absolute atomic E-state index is 12.6. The topological polar surface area (TPSA) is 42.4 Å². The van der Waals surface area contributed by atoms with Gasteiger partial charge in [-0.2, -0.15) is 0 Å². The third-order valence-electron chi connectivity index (χ3n) is 6.32. The van der Waals surface area contributed by atoms with E-state index < -0.39 is 0 Å². The molecule has 4 rings (SSSR count). The number of ether oxygens (including phenoxy) is 1. The van der Waals surface area contributed by atoms with Gasteiger partial charge in [0.2, 0.25) is 0 Å². The Labute approximate surface area is 175 Å². The molecule has 4 nitrogen and oxygen atoms in total. The molecule has 1 saturated carbocycles. The Kier molecular flexibility index (Phi) is 6.19. The first-order valence-corrected chi connectivity index (χ1v) is 11.5. The fourth-order valence-corrected chi connectivity index (χ4v) is 5.11. The molecule has 0 bridgehead atoms. The fraction of sp³-hybridized carbons (Fsp3) is 0.565. The quantitative estimate of drug-likeness (QED) is 0.420. The number of anilines is 1. The summed E-state index contributed by atoms with van der Waals surface area (Å²) < 4.78 is 6.48. The molecule has 2 aromatic rings. The number of piperidine rings is 1. The Hall–Kier alpha value is -1.62. The van der Waals surface area contributed by atoms with Gasteiger partial charge in [-0.05, 0) is 55.4 Å². The van der Waals surface area contributed by atoms with Crippen LogP contribution < -0.4 is 4.90 Å². The predicted octanol–water partition coefficient (Wildman–Crippen LogP) is 5.97. The number of hydrogen-bond acceptors (Lipinski definition) is 4. The van der Waals surface area contributed by atoms with Gasteiger partial charge in [0.05, 0.1) is 12.1 Å². The summed E-state index contributed by atoms with van der Waals surface area (Å²) in [5.41, 5.74) is 2.40. The molecule has 0 spiro atoms. The lowest BCUT2D eigenvalue weighted by Crippen LogP contribution is -2.42. The van der Waals surface area contributed by atoms with Crippen molar-refractivity contribution in [1.82, 2.24) is 4.98 Å².